The van der Waals surface area contributed by atoms with Crippen molar-refractivity contribution in [3.05, 3.63) is 29.7 Å². The molecule has 1 heteroatoms. The number of furan rings is 1. The van der Waals surface area contributed by atoms with E-state index in [-0.39, 0.29) is 0 Å². The summed E-state index contributed by atoms with van der Waals surface area (Å²) in [7, 11) is 0. The van der Waals surface area contributed by atoms with Crippen molar-refractivity contribution in [2.75, 3.05) is 0 Å². The molecule has 0 saturated carbocycles. The molecule has 60 valence electrons. The molecule has 11 heavy (non-hydrogen) atoms. The van der Waals surface area contributed by atoms with Gasteiger partial charge in [0.05, 0.1) is 0 Å². The van der Waals surface area contributed by atoms with Crippen LogP contribution in [0.2, 0.25) is 0 Å². The average Bonchev–Trinajstić information content (AvgIpc) is 2.38. The van der Waals surface area contributed by atoms with Crippen LogP contribution in [0.3, 0.4) is 0 Å². The standard InChI is InChI=1S/C10H14O/c1-3-5-9-7-8-10(11-9)6-4-2/h3,5,7-8H,4,6H2,1-2H3/b5-3-. The maximum atomic E-state index is 5.48. The van der Waals surface area contributed by atoms with Gasteiger partial charge in [-0.25, -0.2) is 0 Å². The summed E-state index contributed by atoms with van der Waals surface area (Å²) in [5.41, 5.74) is 0. The summed E-state index contributed by atoms with van der Waals surface area (Å²) in [6.07, 6.45) is 6.13. The topological polar surface area (TPSA) is 13.1 Å². The Kier molecular flexibility index (Phi) is 2.96. The quantitative estimate of drug-likeness (QED) is 0.644. The molecule has 0 N–H and O–H groups in total. The van der Waals surface area contributed by atoms with Crippen LogP contribution < -0.4 is 0 Å². The molecule has 0 aliphatic heterocycles. The van der Waals surface area contributed by atoms with E-state index in [1.54, 1.807) is 0 Å². The Labute approximate surface area is 67.7 Å². The van der Waals surface area contributed by atoms with Crippen LogP contribution >= 0.6 is 0 Å². The van der Waals surface area contributed by atoms with Gasteiger partial charge in [0.2, 0.25) is 0 Å². The molecule has 0 atom stereocenters. The van der Waals surface area contributed by atoms with Crippen molar-refractivity contribution in [2.45, 2.75) is 26.7 Å². The second-order valence-corrected chi connectivity index (χ2v) is 2.55. The summed E-state index contributed by atoms with van der Waals surface area (Å²) < 4.78 is 5.48. The van der Waals surface area contributed by atoms with Gasteiger partial charge in [-0.15, -0.1) is 0 Å². The van der Waals surface area contributed by atoms with Crippen molar-refractivity contribution in [3.63, 3.8) is 0 Å². The first-order valence-electron chi connectivity index (χ1n) is 4.08. The molecule has 1 nitrogen and oxygen atoms in total. The Morgan fingerprint density at radius 1 is 1.45 bits per heavy atom. The van der Waals surface area contributed by atoms with E-state index in [4.69, 9.17) is 4.42 Å². The van der Waals surface area contributed by atoms with E-state index in [1.807, 2.05) is 31.2 Å². The Bertz CT molecular complexity index is 233. The number of hydrogen-bond donors (Lipinski definition) is 0. The molecule has 0 unspecified atom stereocenters. The molecule has 0 radical (unpaired) electrons. The summed E-state index contributed by atoms with van der Waals surface area (Å²) in [5.74, 6) is 2.04. The highest BCUT2D eigenvalue weighted by atomic mass is 16.3. The van der Waals surface area contributed by atoms with Crippen LogP contribution in [0.15, 0.2) is 22.6 Å². The molecular weight excluding hydrogens is 136 g/mol. The predicted molar refractivity (Wildman–Crippen MR) is 47.4 cm³/mol. The van der Waals surface area contributed by atoms with Crippen LogP contribution in [0.25, 0.3) is 6.08 Å². The van der Waals surface area contributed by atoms with Crippen LogP contribution in [0.1, 0.15) is 31.8 Å². The molecule has 1 aromatic heterocycles. The highest BCUT2D eigenvalue weighted by Crippen LogP contribution is 2.10. The predicted octanol–water partition coefficient (Wildman–Crippen LogP) is 3.27. The molecule has 0 saturated heterocycles. The third kappa shape index (κ3) is 2.26. The third-order valence-corrected chi connectivity index (χ3v) is 1.51. The van der Waals surface area contributed by atoms with E-state index in [1.165, 1.54) is 0 Å². The summed E-state index contributed by atoms with van der Waals surface area (Å²) in [6.45, 7) is 4.14. The highest BCUT2D eigenvalue weighted by Gasteiger charge is 1.95. The van der Waals surface area contributed by atoms with Crippen LogP contribution in [0.4, 0.5) is 0 Å². The molecule has 0 amide bonds. The number of allylic oxidation sites excluding steroid dienone is 1. The number of hydrogen-bond acceptors (Lipinski definition) is 1. The fourth-order valence-corrected chi connectivity index (χ4v) is 1.03. The lowest BCUT2D eigenvalue weighted by atomic mass is 10.3. The van der Waals surface area contributed by atoms with Gasteiger partial charge in [0, 0.05) is 6.42 Å². The van der Waals surface area contributed by atoms with Gasteiger partial charge >= 0.3 is 0 Å². The second-order valence-electron chi connectivity index (χ2n) is 2.55. The van der Waals surface area contributed by atoms with Crippen molar-refractivity contribution in [1.29, 1.82) is 0 Å². The minimum Gasteiger partial charge on any atom is -0.462 e. The van der Waals surface area contributed by atoms with Crippen molar-refractivity contribution >= 4 is 6.08 Å². The fourth-order valence-electron chi connectivity index (χ4n) is 1.03. The second kappa shape index (κ2) is 4.02. The molecule has 1 rings (SSSR count). The summed E-state index contributed by atoms with van der Waals surface area (Å²) in [5, 5.41) is 0. The van der Waals surface area contributed by atoms with E-state index in [0.717, 1.165) is 24.4 Å². The molecule has 0 aliphatic carbocycles. The normalized spacial score (nSPS) is 11.1. The van der Waals surface area contributed by atoms with Gasteiger partial charge in [-0.05, 0) is 31.6 Å². The summed E-state index contributed by atoms with van der Waals surface area (Å²) in [4.78, 5) is 0. The summed E-state index contributed by atoms with van der Waals surface area (Å²) in [6, 6.07) is 4.05. The minimum absolute atomic E-state index is 0.955. The van der Waals surface area contributed by atoms with Gasteiger partial charge in [0.25, 0.3) is 0 Å². The first kappa shape index (κ1) is 8.12. The van der Waals surface area contributed by atoms with E-state index < -0.39 is 0 Å². The number of rotatable bonds is 3. The minimum atomic E-state index is 0.955. The molecular formula is C10H14O. The van der Waals surface area contributed by atoms with Crippen molar-refractivity contribution in [2.24, 2.45) is 0 Å². The van der Waals surface area contributed by atoms with Crippen LogP contribution in [0.5, 0.6) is 0 Å². The lowest BCUT2D eigenvalue weighted by Gasteiger charge is -1.88. The maximum Gasteiger partial charge on any atom is 0.126 e. The first-order valence-corrected chi connectivity index (χ1v) is 4.08. The zero-order chi connectivity index (χ0) is 8.10. The highest BCUT2D eigenvalue weighted by molar-refractivity contribution is 5.42. The van der Waals surface area contributed by atoms with E-state index in [9.17, 15) is 0 Å². The van der Waals surface area contributed by atoms with Crippen LogP contribution in [0, 0.1) is 0 Å². The van der Waals surface area contributed by atoms with Gasteiger partial charge in [-0.1, -0.05) is 13.0 Å². The molecule has 0 spiro atoms. The lowest BCUT2D eigenvalue weighted by molar-refractivity contribution is 0.498. The molecule has 1 aromatic rings. The molecule has 0 aliphatic rings. The van der Waals surface area contributed by atoms with Crippen molar-refractivity contribution in [1.82, 2.24) is 0 Å². The zero-order valence-corrected chi connectivity index (χ0v) is 7.13. The summed E-state index contributed by atoms with van der Waals surface area (Å²) >= 11 is 0. The monoisotopic (exact) mass is 150 g/mol. The Hall–Kier alpha value is -0.980. The van der Waals surface area contributed by atoms with Gasteiger partial charge in [0.15, 0.2) is 0 Å². The van der Waals surface area contributed by atoms with Gasteiger partial charge in [-0.2, -0.15) is 0 Å². The zero-order valence-electron chi connectivity index (χ0n) is 7.13. The largest absolute Gasteiger partial charge is 0.462 e. The molecule has 1 heterocycles. The van der Waals surface area contributed by atoms with E-state index in [0.29, 0.717) is 0 Å². The molecule has 0 fully saturated rings. The van der Waals surface area contributed by atoms with E-state index >= 15 is 0 Å². The van der Waals surface area contributed by atoms with E-state index in [2.05, 4.69) is 6.92 Å². The van der Waals surface area contributed by atoms with Gasteiger partial charge < -0.3 is 4.42 Å². The molecule has 0 bridgehead atoms. The SMILES string of the molecule is C/C=C\c1ccc(CCC)o1. The maximum absolute atomic E-state index is 5.48. The third-order valence-electron chi connectivity index (χ3n) is 1.51. The van der Waals surface area contributed by atoms with Crippen LogP contribution in [-0.4, -0.2) is 0 Å². The first-order chi connectivity index (χ1) is 5.36. The van der Waals surface area contributed by atoms with Gasteiger partial charge in [-0.3, -0.25) is 0 Å². The van der Waals surface area contributed by atoms with Crippen LogP contribution in [-0.2, 0) is 6.42 Å². The van der Waals surface area contributed by atoms with Crippen molar-refractivity contribution < 1.29 is 4.42 Å². The Morgan fingerprint density at radius 3 is 2.91 bits per heavy atom. The Balaban J connectivity index is 2.65. The average molecular weight is 150 g/mol. The van der Waals surface area contributed by atoms with Gasteiger partial charge in [0.1, 0.15) is 11.5 Å². The molecule has 0 aromatic carbocycles. The Morgan fingerprint density at radius 2 is 2.27 bits per heavy atom. The smallest absolute Gasteiger partial charge is 0.126 e. The lowest BCUT2D eigenvalue weighted by Crippen LogP contribution is -1.74. The number of aryl methyl sites for hydroxylation is 1. The van der Waals surface area contributed by atoms with Crippen molar-refractivity contribution in [3.8, 4) is 0 Å². The fraction of sp³-hybridized carbons (Fsp3) is 0.400.